The number of anilines is 1. The summed E-state index contributed by atoms with van der Waals surface area (Å²) in [5, 5.41) is 7.11. The molecule has 3 aromatic rings. The van der Waals surface area contributed by atoms with Crippen molar-refractivity contribution in [2.75, 3.05) is 5.32 Å². The van der Waals surface area contributed by atoms with Crippen LogP contribution in [0.25, 0.3) is 0 Å². The number of furan rings is 1. The van der Waals surface area contributed by atoms with Gasteiger partial charge in [-0.1, -0.05) is 23.8 Å². The van der Waals surface area contributed by atoms with Gasteiger partial charge in [0.2, 0.25) is 0 Å². The molecule has 2 heterocycles. The van der Waals surface area contributed by atoms with E-state index in [1.807, 2.05) is 32.0 Å². The molecule has 0 fully saturated rings. The van der Waals surface area contributed by atoms with Crippen molar-refractivity contribution < 1.29 is 14.0 Å². The molecular formula is C23H22N4O3. The quantitative estimate of drug-likeness (QED) is 0.644. The van der Waals surface area contributed by atoms with Gasteiger partial charge in [0.1, 0.15) is 11.6 Å². The van der Waals surface area contributed by atoms with Gasteiger partial charge < -0.3 is 9.73 Å². The molecule has 2 N–H and O–H groups in total. The third-order valence-corrected chi connectivity index (χ3v) is 5.01. The number of hydrogen-bond donors (Lipinski definition) is 2. The van der Waals surface area contributed by atoms with E-state index < -0.39 is 0 Å². The number of aryl methyl sites for hydroxylation is 2. The Morgan fingerprint density at radius 3 is 2.70 bits per heavy atom. The van der Waals surface area contributed by atoms with Crippen LogP contribution in [0.3, 0.4) is 0 Å². The van der Waals surface area contributed by atoms with E-state index in [0.717, 1.165) is 29.7 Å². The van der Waals surface area contributed by atoms with E-state index in [-0.39, 0.29) is 17.6 Å². The Hall–Kier alpha value is -3.74. The summed E-state index contributed by atoms with van der Waals surface area (Å²) in [5.41, 5.74) is 6.42. The summed E-state index contributed by atoms with van der Waals surface area (Å²) in [5.74, 6) is 0.783. The van der Waals surface area contributed by atoms with Gasteiger partial charge in [0, 0.05) is 29.3 Å². The van der Waals surface area contributed by atoms with Crippen LogP contribution in [-0.4, -0.2) is 22.5 Å². The fourth-order valence-corrected chi connectivity index (χ4v) is 3.58. The lowest BCUT2D eigenvalue weighted by Crippen LogP contribution is -2.22. The molecule has 0 unspecified atom stereocenters. The Bertz CT molecular complexity index is 1130. The number of nitrogens with one attached hydrogen (secondary N) is 2. The molecule has 0 aliphatic heterocycles. The molecule has 0 saturated carbocycles. The highest BCUT2D eigenvalue weighted by atomic mass is 16.4. The second-order valence-corrected chi connectivity index (χ2v) is 7.25. The molecule has 0 bridgehead atoms. The first-order chi connectivity index (χ1) is 14.5. The average molecular weight is 402 g/mol. The van der Waals surface area contributed by atoms with Crippen LogP contribution in [0.2, 0.25) is 0 Å². The number of benzene rings is 1. The molecule has 4 rings (SSSR count). The minimum absolute atomic E-state index is 0.241. The van der Waals surface area contributed by atoms with Crippen molar-refractivity contribution in [3.05, 3.63) is 82.4 Å². The molecule has 0 atom stereocenters. The van der Waals surface area contributed by atoms with Crippen LogP contribution in [0, 0.1) is 13.8 Å². The topological polar surface area (TPSA) is 96.6 Å². The lowest BCUT2D eigenvalue weighted by molar-refractivity contribution is 0.0953. The molecular weight excluding hydrogens is 380 g/mol. The Balaban J connectivity index is 1.57. The largest absolute Gasteiger partial charge is 0.455 e. The number of fused-ring (bicyclic) bond motifs is 1. The highest BCUT2D eigenvalue weighted by Gasteiger charge is 2.28. The van der Waals surface area contributed by atoms with Gasteiger partial charge in [-0.25, -0.2) is 10.4 Å². The number of pyridine rings is 1. The van der Waals surface area contributed by atoms with E-state index in [1.54, 1.807) is 30.5 Å². The molecule has 7 heteroatoms. The Morgan fingerprint density at radius 2 is 1.93 bits per heavy atom. The van der Waals surface area contributed by atoms with E-state index in [1.165, 1.54) is 0 Å². The van der Waals surface area contributed by atoms with Gasteiger partial charge >= 0.3 is 0 Å². The van der Waals surface area contributed by atoms with Gasteiger partial charge in [0.05, 0.1) is 5.71 Å². The van der Waals surface area contributed by atoms with Crippen LogP contribution < -0.4 is 10.7 Å². The van der Waals surface area contributed by atoms with Gasteiger partial charge in [0.25, 0.3) is 11.8 Å². The van der Waals surface area contributed by atoms with Gasteiger partial charge in [-0.05, 0) is 51.0 Å². The maximum Gasteiger partial charge on any atom is 0.292 e. The van der Waals surface area contributed by atoms with Gasteiger partial charge in [0.15, 0.2) is 5.76 Å². The zero-order valence-corrected chi connectivity index (χ0v) is 16.9. The number of carbonyl (C=O) groups excluding carboxylic acids is 2. The molecule has 7 nitrogen and oxygen atoms in total. The third-order valence-electron chi connectivity index (χ3n) is 5.01. The Kier molecular flexibility index (Phi) is 5.43. The SMILES string of the molecule is Cc1cccc(C(=O)N/N=C2\CCCc3oc(C(=O)Nc4ccccn4)c(C)c32)c1. The Morgan fingerprint density at radius 1 is 1.07 bits per heavy atom. The minimum atomic E-state index is -0.358. The summed E-state index contributed by atoms with van der Waals surface area (Å²) in [7, 11) is 0. The molecule has 2 aromatic heterocycles. The predicted octanol–water partition coefficient (Wildman–Crippen LogP) is 4.01. The van der Waals surface area contributed by atoms with Crippen LogP contribution in [-0.2, 0) is 6.42 Å². The van der Waals surface area contributed by atoms with E-state index in [2.05, 4.69) is 20.8 Å². The van der Waals surface area contributed by atoms with E-state index in [4.69, 9.17) is 4.42 Å². The lowest BCUT2D eigenvalue weighted by atomic mass is 9.93. The number of amides is 2. The fraction of sp³-hybridized carbons (Fsp3) is 0.217. The van der Waals surface area contributed by atoms with Gasteiger partial charge in [-0.15, -0.1) is 0 Å². The zero-order chi connectivity index (χ0) is 21.1. The zero-order valence-electron chi connectivity index (χ0n) is 16.9. The lowest BCUT2D eigenvalue weighted by Gasteiger charge is -2.13. The molecule has 1 aliphatic rings. The number of hydrazone groups is 1. The van der Waals surface area contributed by atoms with E-state index in [0.29, 0.717) is 29.1 Å². The number of aromatic nitrogens is 1. The van der Waals surface area contributed by atoms with Crippen LogP contribution in [0.15, 0.2) is 58.2 Å². The standard InChI is InChI=1S/C23H22N4O3/c1-14-7-5-8-16(13-14)22(28)27-26-17-9-6-10-18-20(17)15(2)21(30-18)23(29)25-19-11-3-4-12-24-19/h3-5,7-8,11-13H,6,9-10H2,1-2H3,(H,27,28)(H,24,25,29)/b26-17+. The van der Waals surface area contributed by atoms with Crippen molar-refractivity contribution in [3.8, 4) is 0 Å². The Labute approximate surface area is 174 Å². The molecule has 0 spiro atoms. The molecule has 0 saturated heterocycles. The molecule has 2 amide bonds. The monoisotopic (exact) mass is 402 g/mol. The van der Waals surface area contributed by atoms with Crippen molar-refractivity contribution in [2.45, 2.75) is 33.1 Å². The summed E-state index contributed by atoms with van der Waals surface area (Å²) >= 11 is 0. The van der Waals surface area contributed by atoms with Crippen LogP contribution in [0.5, 0.6) is 0 Å². The summed E-state index contributed by atoms with van der Waals surface area (Å²) in [6, 6.07) is 12.6. The first-order valence-corrected chi connectivity index (χ1v) is 9.81. The normalized spacial score (nSPS) is 14.3. The second kappa shape index (κ2) is 8.32. The molecule has 152 valence electrons. The number of nitrogens with zero attached hydrogens (tertiary/aromatic N) is 2. The van der Waals surface area contributed by atoms with Crippen molar-refractivity contribution in [1.29, 1.82) is 0 Å². The fourth-order valence-electron chi connectivity index (χ4n) is 3.58. The van der Waals surface area contributed by atoms with Crippen LogP contribution in [0.1, 0.15) is 56.2 Å². The van der Waals surface area contributed by atoms with E-state index >= 15 is 0 Å². The van der Waals surface area contributed by atoms with Gasteiger partial charge in [-0.2, -0.15) is 5.10 Å². The molecule has 30 heavy (non-hydrogen) atoms. The smallest absolute Gasteiger partial charge is 0.292 e. The first-order valence-electron chi connectivity index (χ1n) is 9.81. The van der Waals surface area contributed by atoms with Crippen molar-refractivity contribution in [1.82, 2.24) is 10.4 Å². The number of carbonyl (C=O) groups is 2. The highest BCUT2D eigenvalue weighted by molar-refractivity contribution is 6.09. The van der Waals surface area contributed by atoms with Crippen molar-refractivity contribution in [3.63, 3.8) is 0 Å². The summed E-state index contributed by atoms with van der Waals surface area (Å²) in [4.78, 5) is 29.2. The number of hydrogen-bond acceptors (Lipinski definition) is 5. The van der Waals surface area contributed by atoms with Crippen LogP contribution in [0.4, 0.5) is 5.82 Å². The predicted molar refractivity (Wildman–Crippen MR) is 114 cm³/mol. The molecule has 1 aromatic carbocycles. The maximum atomic E-state index is 12.7. The summed E-state index contributed by atoms with van der Waals surface area (Å²) in [6.07, 6.45) is 3.86. The summed E-state index contributed by atoms with van der Waals surface area (Å²) < 4.78 is 5.87. The second-order valence-electron chi connectivity index (χ2n) is 7.25. The third kappa shape index (κ3) is 4.00. The average Bonchev–Trinajstić information content (AvgIpc) is 3.10. The van der Waals surface area contributed by atoms with Crippen molar-refractivity contribution in [2.24, 2.45) is 5.10 Å². The number of rotatable bonds is 4. The first kappa shape index (κ1) is 19.6. The summed E-state index contributed by atoms with van der Waals surface area (Å²) in [6.45, 7) is 3.77. The molecule has 0 radical (unpaired) electrons. The highest BCUT2D eigenvalue weighted by Crippen LogP contribution is 2.30. The maximum absolute atomic E-state index is 12.7. The van der Waals surface area contributed by atoms with Crippen molar-refractivity contribution >= 4 is 23.3 Å². The van der Waals surface area contributed by atoms with E-state index in [9.17, 15) is 9.59 Å². The minimum Gasteiger partial charge on any atom is -0.455 e. The molecule has 1 aliphatic carbocycles. The van der Waals surface area contributed by atoms with Gasteiger partial charge in [-0.3, -0.25) is 9.59 Å². The van der Waals surface area contributed by atoms with Crippen LogP contribution >= 0.6 is 0 Å².